The van der Waals surface area contributed by atoms with Gasteiger partial charge in [0.05, 0.1) is 11.4 Å². The Labute approximate surface area is 148 Å². The van der Waals surface area contributed by atoms with E-state index < -0.39 is 10.0 Å². The van der Waals surface area contributed by atoms with Gasteiger partial charge < -0.3 is 4.90 Å². The third-order valence-electron chi connectivity index (χ3n) is 4.46. The second-order valence-electron chi connectivity index (χ2n) is 6.47. The van der Waals surface area contributed by atoms with Gasteiger partial charge in [0.25, 0.3) is 0 Å². The van der Waals surface area contributed by atoms with Gasteiger partial charge in [0, 0.05) is 12.2 Å². The SMILES string of the molecule is CC(C)c1ccc(S(=O)(=O)NCC(=O)N2CCc3ccccc32)cc1. The van der Waals surface area contributed by atoms with Crippen LogP contribution in [0.5, 0.6) is 0 Å². The molecule has 5 nitrogen and oxygen atoms in total. The second kappa shape index (κ2) is 6.98. The smallest absolute Gasteiger partial charge is 0.242 e. The molecule has 2 aromatic rings. The summed E-state index contributed by atoms with van der Waals surface area (Å²) in [4.78, 5) is 14.2. The van der Waals surface area contributed by atoms with Crippen molar-refractivity contribution in [3.63, 3.8) is 0 Å². The number of hydrogen-bond donors (Lipinski definition) is 1. The van der Waals surface area contributed by atoms with Gasteiger partial charge in [-0.1, -0.05) is 44.2 Å². The lowest BCUT2D eigenvalue weighted by molar-refractivity contribution is -0.117. The Hall–Kier alpha value is -2.18. The van der Waals surface area contributed by atoms with Crippen LogP contribution >= 0.6 is 0 Å². The maximum atomic E-state index is 12.4. The van der Waals surface area contributed by atoms with Crippen LogP contribution in [0.2, 0.25) is 0 Å². The topological polar surface area (TPSA) is 66.5 Å². The molecular formula is C19H22N2O3S. The summed E-state index contributed by atoms with van der Waals surface area (Å²) >= 11 is 0. The fourth-order valence-electron chi connectivity index (χ4n) is 2.96. The molecule has 1 N–H and O–H groups in total. The van der Waals surface area contributed by atoms with Gasteiger partial charge in [-0.25, -0.2) is 13.1 Å². The number of fused-ring (bicyclic) bond motifs is 1. The minimum absolute atomic E-state index is 0.173. The molecule has 1 heterocycles. The molecular weight excluding hydrogens is 336 g/mol. The molecule has 0 aliphatic carbocycles. The van der Waals surface area contributed by atoms with E-state index in [0.717, 1.165) is 23.2 Å². The predicted molar refractivity (Wildman–Crippen MR) is 98.2 cm³/mol. The van der Waals surface area contributed by atoms with Crippen molar-refractivity contribution in [2.75, 3.05) is 18.0 Å². The molecule has 1 amide bonds. The average Bonchev–Trinajstić information content (AvgIpc) is 3.04. The number of carbonyl (C=O) groups is 1. The van der Waals surface area contributed by atoms with Gasteiger partial charge >= 0.3 is 0 Å². The first-order chi connectivity index (χ1) is 11.9. The van der Waals surface area contributed by atoms with Crippen LogP contribution in [0.1, 0.15) is 30.9 Å². The Morgan fingerprint density at radius 2 is 1.80 bits per heavy atom. The molecule has 1 aliphatic rings. The van der Waals surface area contributed by atoms with Gasteiger partial charge in [-0.3, -0.25) is 4.79 Å². The van der Waals surface area contributed by atoms with Gasteiger partial charge in [0.1, 0.15) is 0 Å². The van der Waals surface area contributed by atoms with Gasteiger partial charge in [-0.05, 0) is 41.7 Å². The molecule has 0 fully saturated rings. The van der Waals surface area contributed by atoms with Crippen LogP contribution in [0.3, 0.4) is 0 Å². The Balaban J connectivity index is 1.67. The summed E-state index contributed by atoms with van der Waals surface area (Å²) in [6.07, 6.45) is 0.797. The molecule has 25 heavy (non-hydrogen) atoms. The highest BCUT2D eigenvalue weighted by Gasteiger charge is 2.25. The van der Waals surface area contributed by atoms with Crippen LogP contribution in [0.4, 0.5) is 5.69 Å². The molecule has 132 valence electrons. The molecule has 3 rings (SSSR count). The molecule has 0 aromatic heterocycles. The maximum absolute atomic E-state index is 12.4. The lowest BCUT2D eigenvalue weighted by atomic mass is 10.0. The van der Waals surface area contributed by atoms with Crippen molar-refractivity contribution < 1.29 is 13.2 Å². The van der Waals surface area contributed by atoms with Crippen molar-refractivity contribution in [2.24, 2.45) is 0 Å². The molecule has 0 saturated heterocycles. The van der Waals surface area contributed by atoms with Crippen LogP contribution in [0.15, 0.2) is 53.4 Å². The number of para-hydroxylation sites is 1. The average molecular weight is 358 g/mol. The third kappa shape index (κ3) is 3.75. The summed E-state index contributed by atoms with van der Waals surface area (Å²) in [5.74, 6) is 0.0915. The Morgan fingerprint density at radius 1 is 1.12 bits per heavy atom. The number of rotatable bonds is 5. The molecule has 0 saturated carbocycles. The van der Waals surface area contributed by atoms with Crippen LogP contribution in [0, 0.1) is 0 Å². The quantitative estimate of drug-likeness (QED) is 0.894. The monoisotopic (exact) mass is 358 g/mol. The van der Waals surface area contributed by atoms with E-state index in [0.29, 0.717) is 12.5 Å². The van der Waals surface area contributed by atoms with Gasteiger partial charge in [-0.15, -0.1) is 0 Å². The normalized spacial score (nSPS) is 14.0. The summed E-state index contributed by atoms with van der Waals surface area (Å²) < 4.78 is 27.2. The summed E-state index contributed by atoms with van der Waals surface area (Å²) in [5.41, 5.74) is 3.06. The molecule has 6 heteroatoms. The second-order valence-corrected chi connectivity index (χ2v) is 8.24. The van der Waals surface area contributed by atoms with Crippen molar-refractivity contribution in [1.29, 1.82) is 0 Å². The zero-order valence-electron chi connectivity index (χ0n) is 14.4. The molecule has 1 aliphatic heterocycles. The van der Waals surface area contributed by atoms with Crippen molar-refractivity contribution in [3.8, 4) is 0 Å². The van der Waals surface area contributed by atoms with Gasteiger partial charge in [0.2, 0.25) is 15.9 Å². The van der Waals surface area contributed by atoms with E-state index in [4.69, 9.17) is 0 Å². The minimum Gasteiger partial charge on any atom is -0.311 e. The predicted octanol–water partition coefficient (Wildman–Crippen LogP) is 2.68. The zero-order valence-corrected chi connectivity index (χ0v) is 15.2. The van der Waals surface area contributed by atoms with Gasteiger partial charge in [0.15, 0.2) is 0 Å². The number of benzene rings is 2. The summed E-state index contributed by atoms with van der Waals surface area (Å²) in [7, 11) is -3.70. The fourth-order valence-corrected chi connectivity index (χ4v) is 3.94. The van der Waals surface area contributed by atoms with Crippen LogP contribution in [-0.2, 0) is 21.2 Å². The van der Waals surface area contributed by atoms with E-state index in [9.17, 15) is 13.2 Å². The number of nitrogens with zero attached hydrogens (tertiary/aromatic N) is 1. The molecule has 0 atom stereocenters. The first-order valence-corrected chi connectivity index (χ1v) is 9.85. The van der Waals surface area contributed by atoms with E-state index in [-0.39, 0.29) is 17.3 Å². The number of nitrogens with one attached hydrogen (secondary N) is 1. The zero-order chi connectivity index (χ0) is 18.0. The highest BCUT2D eigenvalue weighted by molar-refractivity contribution is 7.89. The summed E-state index contributed by atoms with van der Waals surface area (Å²) in [6.45, 7) is 4.44. The van der Waals surface area contributed by atoms with Crippen LogP contribution < -0.4 is 9.62 Å². The molecule has 0 radical (unpaired) electrons. The Bertz CT molecular complexity index is 874. The number of anilines is 1. The Kier molecular flexibility index (Phi) is 4.92. The van der Waals surface area contributed by atoms with Gasteiger partial charge in [-0.2, -0.15) is 0 Å². The number of hydrogen-bond acceptors (Lipinski definition) is 3. The fraction of sp³-hybridized carbons (Fsp3) is 0.316. The lowest BCUT2D eigenvalue weighted by Crippen LogP contribution is -2.39. The first-order valence-electron chi connectivity index (χ1n) is 8.36. The van der Waals surface area contributed by atoms with Crippen LogP contribution in [-0.4, -0.2) is 27.4 Å². The van der Waals surface area contributed by atoms with E-state index >= 15 is 0 Å². The molecule has 0 unspecified atom stereocenters. The van der Waals surface area contributed by atoms with Crippen molar-refractivity contribution in [1.82, 2.24) is 4.72 Å². The van der Waals surface area contributed by atoms with Crippen molar-refractivity contribution >= 4 is 21.6 Å². The largest absolute Gasteiger partial charge is 0.311 e. The highest BCUT2D eigenvalue weighted by Crippen LogP contribution is 2.27. The van der Waals surface area contributed by atoms with Crippen molar-refractivity contribution in [2.45, 2.75) is 31.1 Å². The lowest BCUT2D eigenvalue weighted by Gasteiger charge is -2.17. The summed E-state index contributed by atoms with van der Waals surface area (Å²) in [6, 6.07) is 14.5. The van der Waals surface area contributed by atoms with E-state index in [1.54, 1.807) is 29.2 Å². The third-order valence-corrected chi connectivity index (χ3v) is 5.88. The van der Waals surface area contributed by atoms with Crippen molar-refractivity contribution in [3.05, 3.63) is 59.7 Å². The number of amides is 1. The Morgan fingerprint density at radius 3 is 2.48 bits per heavy atom. The van der Waals surface area contributed by atoms with E-state index in [1.165, 1.54) is 0 Å². The minimum atomic E-state index is -3.70. The first kappa shape index (κ1) is 17.6. The summed E-state index contributed by atoms with van der Waals surface area (Å²) in [5, 5.41) is 0. The van der Waals surface area contributed by atoms with Crippen LogP contribution in [0.25, 0.3) is 0 Å². The standard InChI is InChI=1S/C19H22N2O3S/c1-14(2)15-7-9-17(10-8-15)25(23,24)20-13-19(22)21-12-11-16-5-3-4-6-18(16)21/h3-10,14,20H,11-13H2,1-2H3. The molecule has 0 bridgehead atoms. The highest BCUT2D eigenvalue weighted by atomic mass is 32.2. The number of sulfonamides is 1. The van der Waals surface area contributed by atoms with E-state index in [2.05, 4.69) is 4.72 Å². The van der Waals surface area contributed by atoms with E-state index in [1.807, 2.05) is 38.1 Å². The maximum Gasteiger partial charge on any atom is 0.242 e. The number of carbonyl (C=O) groups excluding carboxylic acids is 1. The molecule has 2 aromatic carbocycles. The molecule has 0 spiro atoms.